The molecule has 2 heterocycles. The third kappa shape index (κ3) is 3.60. The highest BCUT2D eigenvalue weighted by Gasteiger charge is 2.39. The maximum absolute atomic E-state index is 13.3. The largest absolute Gasteiger partial charge is 0.490 e. The Labute approximate surface area is 175 Å². The van der Waals surface area contributed by atoms with Crippen molar-refractivity contribution in [2.24, 2.45) is 0 Å². The maximum atomic E-state index is 13.3. The van der Waals surface area contributed by atoms with Gasteiger partial charge in [0, 0.05) is 22.6 Å². The number of carbonyl (C=O) groups is 1. The Hall–Kier alpha value is -2.17. The molecule has 2 unspecified atom stereocenters. The molecule has 0 spiro atoms. The van der Waals surface area contributed by atoms with Crippen molar-refractivity contribution in [2.45, 2.75) is 23.3 Å². The zero-order valence-corrected chi connectivity index (χ0v) is 17.7. The molecule has 0 amide bonds. The van der Waals surface area contributed by atoms with E-state index in [1.54, 1.807) is 6.07 Å². The lowest BCUT2D eigenvalue weighted by Gasteiger charge is -2.29. The fraction of sp³-hybridized carbons (Fsp3) is 0.316. The highest BCUT2D eigenvalue weighted by molar-refractivity contribution is 9.10. The molecule has 10 heteroatoms. The number of sulfonamides is 1. The Morgan fingerprint density at radius 2 is 2.10 bits per heavy atom. The second-order valence-electron chi connectivity index (χ2n) is 6.69. The van der Waals surface area contributed by atoms with Gasteiger partial charge in [0.2, 0.25) is 0 Å². The van der Waals surface area contributed by atoms with Crippen molar-refractivity contribution in [2.75, 3.05) is 25.0 Å². The number of rotatable bonds is 4. The highest BCUT2D eigenvalue weighted by Crippen LogP contribution is 2.45. The smallest absolute Gasteiger partial charge is 0.343 e. The van der Waals surface area contributed by atoms with Gasteiger partial charge in [0.1, 0.15) is 28.6 Å². The lowest BCUT2D eigenvalue weighted by Crippen LogP contribution is -2.30. The summed E-state index contributed by atoms with van der Waals surface area (Å²) in [4.78, 5) is 12.3. The number of esters is 1. The Kier molecular flexibility index (Phi) is 5.26. The zero-order valence-electron chi connectivity index (χ0n) is 15.3. The van der Waals surface area contributed by atoms with Gasteiger partial charge in [0.25, 0.3) is 10.0 Å². The molecule has 154 valence electrons. The van der Waals surface area contributed by atoms with E-state index < -0.39 is 21.8 Å². The molecular formula is C19H17BrFNO6S. The molecule has 2 aromatic rings. The lowest BCUT2D eigenvalue weighted by molar-refractivity contribution is 0.0469. The third-order valence-electron chi connectivity index (χ3n) is 5.01. The second kappa shape index (κ2) is 7.58. The zero-order chi connectivity index (χ0) is 20.8. The predicted octanol–water partition coefficient (Wildman–Crippen LogP) is 3.44. The topological polar surface area (TPSA) is 90.9 Å². The minimum Gasteiger partial charge on any atom is -0.490 e. The lowest BCUT2D eigenvalue weighted by atomic mass is 9.88. The average Bonchev–Trinajstić information content (AvgIpc) is 3.15. The standard InChI is InChI=1S/C19H17BrFNO6S/c1-26-19(23)17-14(22-29(24,25)16-5-2-10(21)8-13(16)20)4-3-12-11-6-7-27-15(11)9-28-18(12)17/h2-5,8,11,15,22H,6-7,9H2,1H3. The van der Waals surface area contributed by atoms with Crippen LogP contribution in [-0.2, 0) is 19.5 Å². The molecule has 2 aromatic carbocycles. The normalized spacial score (nSPS) is 20.4. The van der Waals surface area contributed by atoms with Gasteiger partial charge in [-0.05, 0) is 46.6 Å². The van der Waals surface area contributed by atoms with E-state index in [0.717, 1.165) is 30.2 Å². The summed E-state index contributed by atoms with van der Waals surface area (Å²) in [6.45, 7) is 0.861. The molecule has 29 heavy (non-hydrogen) atoms. The molecule has 0 saturated carbocycles. The van der Waals surface area contributed by atoms with Gasteiger partial charge < -0.3 is 14.2 Å². The van der Waals surface area contributed by atoms with Crippen LogP contribution < -0.4 is 9.46 Å². The first kappa shape index (κ1) is 20.1. The average molecular weight is 486 g/mol. The summed E-state index contributed by atoms with van der Waals surface area (Å²) < 4.78 is 57.8. The summed E-state index contributed by atoms with van der Waals surface area (Å²) in [6.07, 6.45) is 0.695. The van der Waals surface area contributed by atoms with Crippen LogP contribution in [0.1, 0.15) is 28.3 Å². The Morgan fingerprint density at radius 1 is 1.31 bits per heavy atom. The fourth-order valence-corrected chi connectivity index (χ4v) is 5.79. The van der Waals surface area contributed by atoms with Gasteiger partial charge in [-0.25, -0.2) is 17.6 Å². The van der Waals surface area contributed by atoms with Crippen LogP contribution in [0.25, 0.3) is 0 Å². The number of hydrogen-bond acceptors (Lipinski definition) is 6. The van der Waals surface area contributed by atoms with Crippen molar-refractivity contribution < 1.29 is 31.8 Å². The quantitative estimate of drug-likeness (QED) is 0.667. The molecule has 7 nitrogen and oxygen atoms in total. The monoisotopic (exact) mass is 485 g/mol. The van der Waals surface area contributed by atoms with Gasteiger partial charge in [-0.15, -0.1) is 0 Å². The van der Waals surface area contributed by atoms with Crippen LogP contribution in [-0.4, -0.2) is 40.8 Å². The first-order valence-electron chi connectivity index (χ1n) is 8.79. The predicted molar refractivity (Wildman–Crippen MR) is 105 cm³/mol. The molecule has 1 N–H and O–H groups in total. The summed E-state index contributed by atoms with van der Waals surface area (Å²) >= 11 is 3.06. The number of halogens is 2. The molecule has 1 fully saturated rings. The second-order valence-corrected chi connectivity index (χ2v) is 9.20. The SMILES string of the molecule is COC(=O)c1c(NS(=O)(=O)c2ccc(F)cc2Br)ccc2c1OCC1OCCC21. The van der Waals surface area contributed by atoms with Crippen molar-refractivity contribution >= 4 is 37.6 Å². The first-order valence-corrected chi connectivity index (χ1v) is 11.1. The van der Waals surface area contributed by atoms with Gasteiger partial charge in [-0.3, -0.25) is 4.72 Å². The molecule has 0 radical (unpaired) electrons. The number of hydrogen-bond donors (Lipinski definition) is 1. The summed E-state index contributed by atoms with van der Waals surface area (Å²) in [5.74, 6) is -0.947. The summed E-state index contributed by atoms with van der Waals surface area (Å²) in [7, 11) is -2.91. The van der Waals surface area contributed by atoms with Gasteiger partial charge in [0.05, 0.1) is 18.9 Å². The maximum Gasteiger partial charge on any atom is 0.343 e. The van der Waals surface area contributed by atoms with Crippen molar-refractivity contribution in [1.82, 2.24) is 0 Å². The summed E-state index contributed by atoms with van der Waals surface area (Å²) in [6, 6.07) is 6.45. The molecule has 1 saturated heterocycles. The summed E-state index contributed by atoms with van der Waals surface area (Å²) in [5.41, 5.74) is 0.798. The van der Waals surface area contributed by atoms with Gasteiger partial charge >= 0.3 is 5.97 Å². The highest BCUT2D eigenvalue weighted by atomic mass is 79.9. The Balaban J connectivity index is 1.79. The van der Waals surface area contributed by atoms with E-state index in [1.807, 2.05) is 0 Å². The van der Waals surface area contributed by atoms with Crippen LogP contribution in [0.3, 0.4) is 0 Å². The first-order chi connectivity index (χ1) is 13.8. The molecule has 2 atom stereocenters. The van der Waals surface area contributed by atoms with E-state index in [9.17, 15) is 17.6 Å². The number of carbonyl (C=O) groups excluding carboxylic acids is 1. The molecular weight excluding hydrogens is 469 g/mol. The molecule has 2 aliphatic rings. The van der Waals surface area contributed by atoms with E-state index in [4.69, 9.17) is 14.2 Å². The van der Waals surface area contributed by atoms with Crippen molar-refractivity contribution in [3.05, 3.63) is 51.7 Å². The number of ether oxygens (including phenoxy) is 3. The minimum atomic E-state index is -4.12. The van der Waals surface area contributed by atoms with Crippen LogP contribution in [0.2, 0.25) is 0 Å². The van der Waals surface area contributed by atoms with Gasteiger partial charge in [0.15, 0.2) is 0 Å². The molecule has 0 aromatic heterocycles. The van der Waals surface area contributed by atoms with Crippen LogP contribution >= 0.6 is 15.9 Å². The van der Waals surface area contributed by atoms with E-state index in [-0.39, 0.29) is 39.2 Å². The van der Waals surface area contributed by atoms with Crippen LogP contribution in [0, 0.1) is 5.82 Å². The van der Waals surface area contributed by atoms with Crippen molar-refractivity contribution in [3.63, 3.8) is 0 Å². The Morgan fingerprint density at radius 3 is 2.83 bits per heavy atom. The number of anilines is 1. The van der Waals surface area contributed by atoms with Crippen LogP contribution in [0.15, 0.2) is 39.7 Å². The number of nitrogens with one attached hydrogen (secondary N) is 1. The number of methoxy groups -OCH3 is 1. The third-order valence-corrected chi connectivity index (χ3v) is 7.35. The van der Waals surface area contributed by atoms with E-state index in [1.165, 1.54) is 13.2 Å². The van der Waals surface area contributed by atoms with Gasteiger partial charge in [-0.2, -0.15) is 0 Å². The summed E-state index contributed by atoms with van der Waals surface area (Å²) in [5, 5.41) is 0. The van der Waals surface area contributed by atoms with Gasteiger partial charge in [-0.1, -0.05) is 6.07 Å². The van der Waals surface area contributed by atoms with Crippen LogP contribution in [0.4, 0.5) is 10.1 Å². The van der Waals surface area contributed by atoms with E-state index >= 15 is 0 Å². The fourth-order valence-electron chi connectivity index (χ4n) is 3.66. The van der Waals surface area contributed by atoms with Crippen molar-refractivity contribution in [1.29, 1.82) is 0 Å². The number of benzene rings is 2. The number of fused-ring (bicyclic) bond motifs is 3. The molecule has 0 bridgehead atoms. The van der Waals surface area contributed by atoms with E-state index in [0.29, 0.717) is 12.4 Å². The minimum absolute atomic E-state index is 0.00263. The van der Waals surface area contributed by atoms with E-state index in [2.05, 4.69) is 20.7 Å². The Bertz CT molecular complexity index is 1090. The van der Waals surface area contributed by atoms with Crippen LogP contribution in [0.5, 0.6) is 5.75 Å². The van der Waals surface area contributed by atoms with Crippen molar-refractivity contribution in [3.8, 4) is 5.75 Å². The molecule has 0 aliphatic carbocycles. The molecule has 2 aliphatic heterocycles. The molecule has 4 rings (SSSR count).